The molecule has 0 atom stereocenters. The molecule has 0 aromatic heterocycles. The molecule has 0 aliphatic heterocycles. The van der Waals surface area contributed by atoms with Crippen LogP contribution in [0, 0.1) is 24.4 Å². The van der Waals surface area contributed by atoms with Crippen LogP contribution in [-0.4, -0.2) is 5.78 Å². The van der Waals surface area contributed by atoms with E-state index in [2.05, 4.69) is 0 Å². The molecular formula is C15H11F3O. The Morgan fingerprint density at radius 2 is 1.63 bits per heavy atom. The van der Waals surface area contributed by atoms with Gasteiger partial charge in [-0.3, -0.25) is 4.79 Å². The van der Waals surface area contributed by atoms with E-state index in [9.17, 15) is 18.0 Å². The topological polar surface area (TPSA) is 17.1 Å². The Labute approximate surface area is 108 Å². The van der Waals surface area contributed by atoms with Gasteiger partial charge in [-0.15, -0.1) is 0 Å². The van der Waals surface area contributed by atoms with E-state index in [0.717, 1.165) is 0 Å². The van der Waals surface area contributed by atoms with Gasteiger partial charge in [0.15, 0.2) is 5.78 Å². The normalized spacial score (nSPS) is 10.5. The van der Waals surface area contributed by atoms with Crippen molar-refractivity contribution >= 4 is 5.78 Å². The first kappa shape index (κ1) is 13.3. The lowest BCUT2D eigenvalue weighted by molar-refractivity contribution is 0.0989. The third-order valence-corrected chi connectivity index (χ3v) is 2.83. The smallest absolute Gasteiger partial charge is 0.170 e. The van der Waals surface area contributed by atoms with E-state index in [4.69, 9.17) is 0 Å². The Morgan fingerprint density at radius 3 is 2.26 bits per heavy atom. The van der Waals surface area contributed by atoms with Gasteiger partial charge in [0.2, 0.25) is 0 Å². The van der Waals surface area contributed by atoms with Crippen LogP contribution in [0.25, 0.3) is 0 Å². The Balaban J connectivity index is 2.25. The van der Waals surface area contributed by atoms with Crippen LogP contribution in [0.2, 0.25) is 0 Å². The first-order valence-electron chi connectivity index (χ1n) is 5.70. The van der Waals surface area contributed by atoms with Crippen molar-refractivity contribution in [3.8, 4) is 0 Å². The molecular weight excluding hydrogens is 253 g/mol. The van der Waals surface area contributed by atoms with Gasteiger partial charge in [-0.2, -0.15) is 0 Å². The number of carbonyl (C=O) groups excluding carboxylic acids is 1. The van der Waals surface area contributed by atoms with Gasteiger partial charge < -0.3 is 0 Å². The van der Waals surface area contributed by atoms with Gasteiger partial charge in [-0.05, 0) is 36.2 Å². The summed E-state index contributed by atoms with van der Waals surface area (Å²) in [5.74, 6) is -2.43. The van der Waals surface area contributed by atoms with Crippen LogP contribution in [0.5, 0.6) is 0 Å². The monoisotopic (exact) mass is 264 g/mol. The van der Waals surface area contributed by atoms with Crippen molar-refractivity contribution < 1.29 is 18.0 Å². The summed E-state index contributed by atoms with van der Waals surface area (Å²) in [7, 11) is 0. The lowest BCUT2D eigenvalue weighted by atomic mass is 10.0. The highest BCUT2D eigenvalue weighted by Crippen LogP contribution is 2.16. The summed E-state index contributed by atoms with van der Waals surface area (Å²) in [6, 6.07) is 7.27. The third kappa shape index (κ3) is 3.02. The molecule has 4 heteroatoms. The third-order valence-electron chi connectivity index (χ3n) is 2.83. The highest BCUT2D eigenvalue weighted by Gasteiger charge is 2.15. The van der Waals surface area contributed by atoms with Gasteiger partial charge in [-0.25, -0.2) is 13.2 Å². The maximum atomic E-state index is 13.5. The highest BCUT2D eigenvalue weighted by atomic mass is 19.1. The Kier molecular flexibility index (Phi) is 3.69. The highest BCUT2D eigenvalue weighted by molar-refractivity contribution is 5.97. The number of hydrogen-bond donors (Lipinski definition) is 0. The summed E-state index contributed by atoms with van der Waals surface area (Å²) < 4.78 is 39.4. The minimum atomic E-state index is -0.879. The quantitative estimate of drug-likeness (QED) is 0.770. The molecule has 0 aliphatic rings. The molecule has 0 bridgehead atoms. The van der Waals surface area contributed by atoms with Crippen molar-refractivity contribution in [2.45, 2.75) is 13.3 Å². The first-order chi connectivity index (χ1) is 8.97. The summed E-state index contributed by atoms with van der Waals surface area (Å²) in [6.07, 6.45) is -0.0533. The molecule has 0 fully saturated rings. The van der Waals surface area contributed by atoms with Gasteiger partial charge in [0.05, 0.1) is 5.56 Å². The van der Waals surface area contributed by atoms with Crippen LogP contribution in [0.15, 0.2) is 36.4 Å². The van der Waals surface area contributed by atoms with E-state index in [1.807, 2.05) is 0 Å². The van der Waals surface area contributed by atoms with Crippen LogP contribution in [0.3, 0.4) is 0 Å². The predicted molar refractivity (Wildman–Crippen MR) is 65.5 cm³/mol. The Morgan fingerprint density at radius 1 is 1.00 bits per heavy atom. The lowest BCUT2D eigenvalue weighted by Gasteiger charge is -2.05. The molecule has 0 spiro atoms. The summed E-state index contributed by atoms with van der Waals surface area (Å²) >= 11 is 0. The molecule has 0 saturated heterocycles. The largest absolute Gasteiger partial charge is 0.294 e. The molecule has 0 heterocycles. The van der Waals surface area contributed by atoms with Crippen molar-refractivity contribution in [1.82, 2.24) is 0 Å². The molecule has 0 saturated carbocycles. The molecule has 0 radical (unpaired) electrons. The van der Waals surface area contributed by atoms with Crippen molar-refractivity contribution in [1.29, 1.82) is 0 Å². The predicted octanol–water partition coefficient (Wildman–Crippen LogP) is 3.84. The second-order valence-electron chi connectivity index (χ2n) is 4.31. The zero-order valence-corrected chi connectivity index (χ0v) is 10.2. The second kappa shape index (κ2) is 5.26. The maximum Gasteiger partial charge on any atom is 0.170 e. The van der Waals surface area contributed by atoms with E-state index in [1.165, 1.54) is 37.3 Å². The molecule has 0 amide bonds. The van der Waals surface area contributed by atoms with E-state index in [0.29, 0.717) is 11.6 Å². The van der Waals surface area contributed by atoms with Crippen LogP contribution in [0.1, 0.15) is 21.5 Å². The molecule has 2 aromatic rings. The van der Waals surface area contributed by atoms with Gasteiger partial charge in [0.1, 0.15) is 17.5 Å². The number of hydrogen-bond acceptors (Lipinski definition) is 1. The lowest BCUT2D eigenvalue weighted by Crippen LogP contribution is -2.07. The summed E-state index contributed by atoms with van der Waals surface area (Å²) in [5, 5.41) is 0. The number of aryl methyl sites for hydroxylation is 1. The first-order valence-corrected chi connectivity index (χ1v) is 5.70. The SMILES string of the molecule is Cc1cc(C(=O)Cc2ccc(F)cc2)c(F)cc1F. The fourth-order valence-corrected chi connectivity index (χ4v) is 1.75. The van der Waals surface area contributed by atoms with Crippen LogP contribution < -0.4 is 0 Å². The van der Waals surface area contributed by atoms with Gasteiger partial charge in [-0.1, -0.05) is 12.1 Å². The molecule has 98 valence electrons. The van der Waals surface area contributed by atoms with Crippen molar-refractivity contribution in [3.63, 3.8) is 0 Å². The van der Waals surface area contributed by atoms with Crippen LogP contribution in [0.4, 0.5) is 13.2 Å². The molecule has 2 rings (SSSR count). The zero-order chi connectivity index (χ0) is 14.0. The van der Waals surface area contributed by atoms with Crippen molar-refractivity contribution in [2.24, 2.45) is 0 Å². The molecule has 0 unspecified atom stereocenters. The van der Waals surface area contributed by atoms with E-state index in [1.54, 1.807) is 0 Å². The summed E-state index contributed by atoms with van der Waals surface area (Å²) in [6.45, 7) is 1.46. The zero-order valence-electron chi connectivity index (χ0n) is 10.2. The Bertz CT molecular complexity index is 618. The average molecular weight is 264 g/mol. The summed E-state index contributed by atoms with van der Waals surface area (Å²) in [4.78, 5) is 11.9. The number of halogens is 3. The second-order valence-corrected chi connectivity index (χ2v) is 4.31. The number of benzene rings is 2. The van der Waals surface area contributed by atoms with Crippen LogP contribution in [-0.2, 0) is 6.42 Å². The maximum absolute atomic E-state index is 13.5. The van der Waals surface area contributed by atoms with E-state index in [-0.39, 0.29) is 17.5 Å². The van der Waals surface area contributed by atoms with E-state index < -0.39 is 23.2 Å². The fourth-order valence-electron chi connectivity index (χ4n) is 1.75. The molecule has 1 nitrogen and oxygen atoms in total. The molecule has 0 aliphatic carbocycles. The van der Waals surface area contributed by atoms with Gasteiger partial charge in [0.25, 0.3) is 0 Å². The standard InChI is InChI=1S/C15H11F3O/c1-9-6-12(14(18)8-13(9)17)15(19)7-10-2-4-11(16)5-3-10/h2-6,8H,7H2,1H3. The summed E-state index contributed by atoms with van der Waals surface area (Å²) in [5.41, 5.74) is 0.639. The van der Waals surface area contributed by atoms with Crippen molar-refractivity contribution in [3.05, 3.63) is 70.5 Å². The minimum Gasteiger partial charge on any atom is -0.294 e. The number of Topliss-reactive ketones (excluding diaryl/α,β-unsaturated/α-hetero) is 1. The molecule has 2 aromatic carbocycles. The Hall–Kier alpha value is -2.10. The fraction of sp³-hybridized carbons (Fsp3) is 0.133. The minimum absolute atomic E-state index is 0.0533. The van der Waals surface area contributed by atoms with Gasteiger partial charge in [0, 0.05) is 12.5 Å². The van der Waals surface area contributed by atoms with Crippen LogP contribution >= 0.6 is 0 Å². The van der Waals surface area contributed by atoms with E-state index >= 15 is 0 Å². The molecule has 0 N–H and O–H groups in total. The number of carbonyl (C=O) groups is 1. The van der Waals surface area contributed by atoms with Gasteiger partial charge >= 0.3 is 0 Å². The number of ketones is 1. The van der Waals surface area contributed by atoms with Crippen molar-refractivity contribution in [2.75, 3.05) is 0 Å². The number of rotatable bonds is 3. The molecule has 19 heavy (non-hydrogen) atoms. The average Bonchev–Trinajstić information content (AvgIpc) is 2.36.